The molecule has 1 aliphatic heterocycles. The minimum absolute atomic E-state index is 0.234. The maximum atomic E-state index is 13.9. The number of carbonyl (C=O) groups excluding carboxylic acids is 1. The summed E-state index contributed by atoms with van der Waals surface area (Å²) in [5.74, 6) is 1.78. The summed E-state index contributed by atoms with van der Waals surface area (Å²) in [6, 6.07) is 6.52. The van der Waals surface area contributed by atoms with E-state index in [0.29, 0.717) is 65.5 Å². The van der Waals surface area contributed by atoms with Crippen LogP contribution in [0.1, 0.15) is 42.1 Å². The first-order valence-corrected chi connectivity index (χ1v) is 11.5. The number of aromatic nitrogens is 6. The number of carbonyl (C=O) groups is 1. The quantitative estimate of drug-likeness (QED) is 0.362. The van der Waals surface area contributed by atoms with Crippen molar-refractivity contribution in [2.45, 2.75) is 25.8 Å². The third-order valence-electron chi connectivity index (χ3n) is 5.90. The van der Waals surface area contributed by atoms with Gasteiger partial charge >= 0.3 is 0 Å². The number of benzene rings is 1. The lowest BCUT2D eigenvalue weighted by Crippen LogP contribution is -2.31. The van der Waals surface area contributed by atoms with Crippen molar-refractivity contribution >= 4 is 5.91 Å². The van der Waals surface area contributed by atoms with Gasteiger partial charge in [-0.3, -0.25) is 4.79 Å². The van der Waals surface area contributed by atoms with Crippen LogP contribution in [0.15, 0.2) is 47.4 Å². The van der Waals surface area contributed by atoms with E-state index in [1.54, 1.807) is 41.7 Å². The Morgan fingerprint density at radius 2 is 1.92 bits per heavy atom. The Hall–Kier alpha value is -4.48. The lowest BCUT2D eigenvalue weighted by molar-refractivity contribution is 0.0709. The van der Waals surface area contributed by atoms with Gasteiger partial charge in [-0.05, 0) is 38.0 Å². The Balaban J connectivity index is 1.49. The Kier molecular flexibility index (Phi) is 6.48. The highest BCUT2D eigenvalue weighted by Gasteiger charge is 2.36. The lowest BCUT2D eigenvalue weighted by Gasteiger charge is -2.23. The van der Waals surface area contributed by atoms with E-state index in [2.05, 4.69) is 25.3 Å². The molecule has 3 aromatic heterocycles. The zero-order chi connectivity index (χ0) is 25.1. The minimum atomic E-state index is -0.391. The van der Waals surface area contributed by atoms with Gasteiger partial charge < -0.3 is 23.6 Å². The van der Waals surface area contributed by atoms with Gasteiger partial charge in [0.15, 0.2) is 11.5 Å². The van der Waals surface area contributed by atoms with Crippen molar-refractivity contribution in [2.75, 3.05) is 27.4 Å². The molecule has 1 unspecified atom stereocenters. The molecule has 186 valence electrons. The van der Waals surface area contributed by atoms with Crippen LogP contribution < -0.4 is 14.2 Å². The molecule has 4 heterocycles. The molecule has 0 aliphatic carbocycles. The average Bonchev–Trinajstić information content (AvgIpc) is 3.69. The fourth-order valence-corrected chi connectivity index (χ4v) is 4.26. The van der Waals surface area contributed by atoms with E-state index >= 15 is 0 Å². The van der Waals surface area contributed by atoms with E-state index in [1.165, 1.54) is 19.0 Å². The predicted octanol–water partition coefficient (Wildman–Crippen LogP) is 3.11. The maximum Gasteiger partial charge on any atom is 0.256 e. The zero-order valence-corrected chi connectivity index (χ0v) is 20.1. The predicted molar refractivity (Wildman–Crippen MR) is 126 cm³/mol. The van der Waals surface area contributed by atoms with E-state index in [0.717, 1.165) is 6.42 Å². The largest absolute Gasteiger partial charge is 0.493 e. The summed E-state index contributed by atoms with van der Waals surface area (Å²) in [4.78, 5) is 25.8. The van der Waals surface area contributed by atoms with Crippen molar-refractivity contribution in [1.82, 2.24) is 35.0 Å². The van der Waals surface area contributed by atoms with E-state index < -0.39 is 6.04 Å². The van der Waals surface area contributed by atoms with E-state index in [-0.39, 0.29) is 5.91 Å². The molecule has 0 radical (unpaired) electrons. The fraction of sp³-hybridized carbons (Fsp3) is 0.333. The number of pyridine rings is 1. The van der Waals surface area contributed by atoms with Gasteiger partial charge in [-0.2, -0.15) is 20.0 Å². The Bertz CT molecular complexity index is 1350. The smallest absolute Gasteiger partial charge is 0.256 e. The van der Waals surface area contributed by atoms with Crippen LogP contribution in [0.25, 0.3) is 17.1 Å². The van der Waals surface area contributed by atoms with Gasteiger partial charge in [0, 0.05) is 18.8 Å². The summed E-state index contributed by atoms with van der Waals surface area (Å²) in [5, 5.41) is 12.6. The molecule has 12 nitrogen and oxygen atoms in total. The molecule has 36 heavy (non-hydrogen) atoms. The molecule has 0 N–H and O–H groups in total. The summed E-state index contributed by atoms with van der Waals surface area (Å²) in [5.41, 5.74) is 1.45. The van der Waals surface area contributed by atoms with Crippen molar-refractivity contribution in [1.29, 1.82) is 0 Å². The van der Waals surface area contributed by atoms with Crippen LogP contribution in [-0.4, -0.2) is 68.3 Å². The number of hydrogen-bond acceptors (Lipinski definition) is 10. The van der Waals surface area contributed by atoms with Crippen molar-refractivity contribution in [2.24, 2.45) is 0 Å². The van der Waals surface area contributed by atoms with Crippen LogP contribution >= 0.6 is 0 Å². The summed E-state index contributed by atoms with van der Waals surface area (Å²) in [6.45, 7) is 2.86. The minimum Gasteiger partial charge on any atom is -0.493 e. The zero-order valence-electron chi connectivity index (χ0n) is 20.1. The molecule has 5 rings (SSSR count). The van der Waals surface area contributed by atoms with Gasteiger partial charge in [-0.1, -0.05) is 5.16 Å². The molecule has 1 fully saturated rings. The fourth-order valence-electron chi connectivity index (χ4n) is 4.26. The highest BCUT2D eigenvalue weighted by atomic mass is 16.5. The summed E-state index contributed by atoms with van der Waals surface area (Å²) in [6.07, 6.45) is 6.19. The number of hydrogen-bond donors (Lipinski definition) is 0. The van der Waals surface area contributed by atoms with Gasteiger partial charge in [0.25, 0.3) is 5.91 Å². The lowest BCUT2D eigenvalue weighted by atomic mass is 10.1. The molecule has 1 aromatic carbocycles. The number of amides is 1. The molecular formula is C24H25N7O5. The van der Waals surface area contributed by atoms with Crippen molar-refractivity contribution in [3.63, 3.8) is 0 Å². The molecule has 4 aromatic rings. The molecule has 12 heteroatoms. The van der Waals surface area contributed by atoms with Crippen molar-refractivity contribution in [3.8, 4) is 34.5 Å². The standard InChI is InChI=1S/C24H25N7O5/c1-4-35-22-15(7-5-9-25-22)21-28-23(36-29-21)17-8-6-12-30(17)24(32)16-13-19(33-2)20(34-3)14-18(16)31-26-10-11-27-31/h5,7,9-11,13-14,17H,4,6,8,12H2,1-3H3. The van der Waals surface area contributed by atoms with E-state index in [4.69, 9.17) is 18.7 Å². The van der Waals surface area contributed by atoms with Crippen LogP contribution in [0, 0.1) is 0 Å². The molecule has 0 saturated carbocycles. The third kappa shape index (κ3) is 4.21. The van der Waals surface area contributed by atoms with Crippen LogP contribution in [0.2, 0.25) is 0 Å². The first-order chi connectivity index (χ1) is 17.6. The molecule has 0 bridgehead atoms. The highest BCUT2D eigenvalue weighted by Crippen LogP contribution is 2.37. The molecule has 1 saturated heterocycles. The Labute approximate surface area is 206 Å². The summed E-state index contributed by atoms with van der Waals surface area (Å²) < 4.78 is 22.1. The van der Waals surface area contributed by atoms with Crippen LogP contribution in [-0.2, 0) is 0 Å². The number of methoxy groups -OCH3 is 2. The normalized spacial score (nSPS) is 15.2. The Morgan fingerprint density at radius 1 is 1.14 bits per heavy atom. The second kappa shape index (κ2) is 10.0. The van der Waals surface area contributed by atoms with Crippen LogP contribution in [0.5, 0.6) is 17.4 Å². The first kappa shape index (κ1) is 23.3. The second-order valence-electron chi connectivity index (χ2n) is 7.94. The highest BCUT2D eigenvalue weighted by molar-refractivity contribution is 5.99. The molecule has 1 aliphatic rings. The second-order valence-corrected chi connectivity index (χ2v) is 7.94. The van der Waals surface area contributed by atoms with Gasteiger partial charge in [0.1, 0.15) is 11.7 Å². The van der Waals surface area contributed by atoms with Gasteiger partial charge in [0.2, 0.25) is 17.6 Å². The summed E-state index contributed by atoms with van der Waals surface area (Å²) >= 11 is 0. The van der Waals surface area contributed by atoms with Gasteiger partial charge in [-0.15, -0.1) is 0 Å². The average molecular weight is 492 g/mol. The van der Waals surface area contributed by atoms with E-state index in [1.807, 2.05) is 13.0 Å². The van der Waals surface area contributed by atoms with Crippen molar-refractivity contribution in [3.05, 3.63) is 54.3 Å². The van der Waals surface area contributed by atoms with Crippen molar-refractivity contribution < 1.29 is 23.5 Å². The number of rotatable bonds is 8. The summed E-state index contributed by atoms with van der Waals surface area (Å²) in [7, 11) is 3.05. The topological polar surface area (TPSA) is 131 Å². The molecule has 1 atom stereocenters. The van der Waals surface area contributed by atoms with E-state index in [9.17, 15) is 4.79 Å². The van der Waals surface area contributed by atoms with Gasteiger partial charge in [-0.25, -0.2) is 4.98 Å². The van der Waals surface area contributed by atoms with Gasteiger partial charge in [0.05, 0.1) is 44.3 Å². The SMILES string of the molecule is CCOc1ncccc1-c1noc(C2CCCN2C(=O)c2cc(OC)c(OC)cc2-n2nccn2)n1. The Morgan fingerprint density at radius 3 is 2.67 bits per heavy atom. The molecule has 0 spiro atoms. The van der Waals surface area contributed by atoms with Crippen LogP contribution in [0.4, 0.5) is 0 Å². The maximum absolute atomic E-state index is 13.9. The van der Waals surface area contributed by atoms with Crippen LogP contribution in [0.3, 0.4) is 0 Å². The molecule has 1 amide bonds. The third-order valence-corrected chi connectivity index (χ3v) is 5.90. The number of ether oxygens (including phenoxy) is 3. The first-order valence-electron chi connectivity index (χ1n) is 11.5. The number of likely N-dealkylation sites (tertiary alicyclic amines) is 1. The number of nitrogens with zero attached hydrogens (tertiary/aromatic N) is 7. The monoisotopic (exact) mass is 491 g/mol. The molecular weight excluding hydrogens is 466 g/mol.